The Morgan fingerprint density at radius 3 is 2.90 bits per heavy atom. The van der Waals surface area contributed by atoms with Crippen LogP contribution < -0.4 is 5.32 Å². The van der Waals surface area contributed by atoms with Gasteiger partial charge in [-0.05, 0) is 18.9 Å². The minimum Gasteiger partial charge on any atom is -0.480 e. The van der Waals surface area contributed by atoms with Crippen molar-refractivity contribution < 1.29 is 14.7 Å². The molecule has 7 nitrogen and oxygen atoms in total. The van der Waals surface area contributed by atoms with E-state index in [1.165, 1.54) is 4.90 Å². The van der Waals surface area contributed by atoms with E-state index >= 15 is 0 Å². The molecule has 1 aromatic heterocycles. The third-order valence-electron chi connectivity index (χ3n) is 3.49. The molecule has 7 heteroatoms. The van der Waals surface area contributed by atoms with Gasteiger partial charge in [0.2, 0.25) is 0 Å². The summed E-state index contributed by atoms with van der Waals surface area (Å²) in [7, 11) is 1.81. The number of rotatable bonds is 3. The maximum absolute atomic E-state index is 12.2. The second-order valence-electron chi connectivity index (χ2n) is 5.04. The number of nitrogens with zero attached hydrogens (tertiary/aromatic N) is 3. The predicted octanol–water partition coefficient (Wildman–Crippen LogP) is 0.959. The molecule has 0 radical (unpaired) electrons. The first-order chi connectivity index (χ1) is 9.58. The minimum absolute atomic E-state index is 0.308. The lowest BCUT2D eigenvalue weighted by atomic mass is 10.1. The summed E-state index contributed by atoms with van der Waals surface area (Å²) < 4.78 is 1.66. The van der Waals surface area contributed by atoms with Gasteiger partial charge < -0.3 is 15.3 Å². The molecule has 1 aliphatic heterocycles. The quantitative estimate of drug-likeness (QED) is 0.863. The maximum atomic E-state index is 12.2. The lowest BCUT2D eigenvalue weighted by Crippen LogP contribution is -2.49. The number of hydrogen-bond donors (Lipinski definition) is 2. The van der Waals surface area contributed by atoms with Crippen LogP contribution in [0.3, 0.4) is 0 Å². The molecule has 2 amide bonds. The Morgan fingerprint density at radius 1 is 1.45 bits per heavy atom. The first-order valence-corrected chi connectivity index (χ1v) is 6.83. The van der Waals surface area contributed by atoms with E-state index in [2.05, 4.69) is 10.4 Å². The second kappa shape index (κ2) is 6.40. The highest BCUT2D eigenvalue weighted by molar-refractivity contribution is 5.82. The topological polar surface area (TPSA) is 87.5 Å². The number of carbonyl (C=O) groups is 2. The summed E-state index contributed by atoms with van der Waals surface area (Å²) in [5.41, 5.74) is 0.752. The van der Waals surface area contributed by atoms with Crippen molar-refractivity contribution in [2.45, 2.75) is 38.3 Å². The Hall–Kier alpha value is -2.05. The third kappa shape index (κ3) is 3.49. The van der Waals surface area contributed by atoms with Crippen LogP contribution in [0.2, 0.25) is 0 Å². The molecule has 2 rings (SSSR count). The van der Waals surface area contributed by atoms with E-state index in [1.807, 2.05) is 6.07 Å². The van der Waals surface area contributed by atoms with E-state index in [-0.39, 0.29) is 6.03 Å². The molecule has 0 bridgehead atoms. The molecule has 0 aromatic carbocycles. The van der Waals surface area contributed by atoms with Crippen molar-refractivity contribution in [3.05, 3.63) is 18.0 Å². The molecule has 20 heavy (non-hydrogen) atoms. The summed E-state index contributed by atoms with van der Waals surface area (Å²) in [5.74, 6) is -0.931. The van der Waals surface area contributed by atoms with Crippen molar-refractivity contribution in [1.29, 1.82) is 0 Å². The zero-order valence-corrected chi connectivity index (χ0v) is 11.6. The Balaban J connectivity index is 1.96. The Bertz CT molecular complexity index is 486. The molecule has 1 fully saturated rings. The van der Waals surface area contributed by atoms with E-state index in [9.17, 15) is 14.7 Å². The summed E-state index contributed by atoms with van der Waals surface area (Å²) in [5, 5.41) is 16.1. The van der Waals surface area contributed by atoms with E-state index in [4.69, 9.17) is 0 Å². The summed E-state index contributed by atoms with van der Waals surface area (Å²) in [6.07, 6.45) is 4.98. The standard InChI is InChI=1S/C13H20N4O3/c1-16-8-6-10(15-16)9-14-13(20)17-7-4-2-3-5-11(17)12(18)19/h6,8,11H,2-5,7,9H2,1H3,(H,14,20)(H,18,19). The number of carbonyl (C=O) groups excluding carboxylic acids is 1. The van der Waals surface area contributed by atoms with Crippen LogP contribution in [-0.2, 0) is 18.4 Å². The van der Waals surface area contributed by atoms with Gasteiger partial charge in [0.15, 0.2) is 0 Å². The summed E-state index contributed by atoms with van der Waals surface area (Å²) >= 11 is 0. The molecule has 1 unspecified atom stereocenters. The molecular formula is C13H20N4O3. The lowest BCUT2D eigenvalue weighted by Gasteiger charge is -2.26. The maximum Gasteiger partial charge on any atom is 0.326 e. The lowest BCUT2D eigenvalue weighted by molar-refractivity contribution is -0.142. The number of amides is 2. The van der Waals surface area contributed by atoms with Crippen molar-refractivity contribution >= 4 is 12.0 Å². The molecule has 110 valence electrons. The second-order valence-corrected chi connectivity index (χ2v) is 5.04. The van der Waals surface area contributed by atoms with E-state index in [1.54, 1.807) is 17.9 Å². The smallest absolute Gasteiger partial charge is 0.326 e. The molecular weight excluding hydrogens is 260 g/mol. The van der Waals surface area contributed by atoms with Gasteiger partial charge in [-0.3, -0.25) is 4.68 Å². The number of likely N-dealkylation sites (tertiary alicyclic amines) is 1. The Morgan fingerprint density at radius 2 is 2.25 bits per heavy atom. The highest BCUT2D eigenvalue weighted by Crippen LogP contribution is 2.17. The number of urea groups is 1. The van der Waals surface area contributed by atoms with E-state index < -0.39 is 12.0 Å². The van der Waals surface area contributed by atoms with Crippen molar-refractivity contribution in [1.82, 2.24) is 20.0 Å². The zero-order chi connectivity index (χ0) is 14.5. The molecule has 0 saturated carbocycles. The van der Waals surface area contributed by atoms with Crippen LogP contribution in [0, 0.1) is 0 Å². The van der Waals surface area contributed by atoms with Crippen molar-refractivity contribution in [2.75, 3.05) is 6.54 Å². The number of carboxylic acid groups (broad SMARTS) is 1. The van der Waals surface area contributed by atoms with E-state index in [0.29, 0.717) is 19.5 Å². The van der Waals surface area contributed by atoms with Gasteiger partial charge in [0.25, 0.3) is 0 Å². The largest absolute Gasteiger partial charge is 0.480 e. The summed E-state index contributed by atoms with van der Waals surface area (Å²) in [4.78, 5) is 24.9. The van der Waals surface area contributed by atoms with Gasteiger partial charge >= 0.3 is 12.0 Å². The molecule has 2 N–H and O–H groups in total. The number of carboxylic acids is 1. The van der Waals surface area contributed by atoms with E-state index in [0.717, 1.165) is 25.0 Å². The van der Waals surface area contributed by atoms with Crippen LogP contribution in [0.1, 0.15) is 31.4 Å². The van der Waals surface area contributed by atoms with Crippen LogP contribution in [0.5, 0.6) is 0 Å². The van der Waals surface area contributed by atoms with Crippen LogP contribution in [0.15, 0.2) is 12.3 Å². The number of aliphatic carboxylic acids is 1. The van der Waals surface area contributed by atoms with Crippen LogP contribution in [-0.4, -0.2) is 44.4 Å². The monoisotopic (exact) mass is 280 g/mol. The molecule has 2 heterocycles. The van der Waals surface area contributed by atoms with Gasteiger partial charge in [0.05, 0.1) is 12.2 Å². The molecule has 0 spiro atoms. The predicted molar refractivity (Wildman–Crippen MR) is 72.0 cm³/mol. The first kappa shape index (κ1) is 14.4. The van der Waals surface area contributed by atoms with Crippen LogP contribution >= 0.6 is 0 Å². The first-order valence-electron chi connectivity index (χ1n) is 6.83. The fourth-order valence-electron chi connectivity index (χ4n) is 2.43. The average molecular weight is 280 g/mol. The van der Waals surface area contributed by atoms with Gasteiger partial charge in [-0.2, -0.15) is 5.10 Å². The minimum atomic E-state index is -0.931. The Kier molecular flexibility index (Phi) is 4.60. The van der Waals surface area contributed by atoms with Gasteiger partial charge in [0, 0.05) is 19.8 Å². The van der Waals surface area contributed by atoms with Crippen LogP contribution in [0.25, 0.3) is 0 Å². The van der Waals surface area contributed by atoms with Gasteiger partial charge in [0.1, 0.15) is 6.04 Å². The van der Waals surface area contributed by atoms with Crippen LogP contribution in [0.4, 0.5) is 4.79 Å². The fourth-order valence-corrected chi connectivity index (χ4v) is 2.43. The molecule has 0 aliphatic carbocycles. The normalized spacial score (nSPS) is 19.4. The van der Waals surface area contributed by atoms with Gasteiger partial charge in [-0.15, -0.1) is 0 Å². The number of nitrogens with one attached hydrogen (secondary N) is 1. The zero-order valence-electron chi connectivity index (χ0n) is 11.6. The summed E-state index contributed by atoms with van der Waals surface area (Å²) in [6, 6.07) is 0.767. The Labute approximate surface area is 117 Å². The van der Waals surface area contributed by atoms with Crippen molar-refractivity contribution in [3.63, 3.8) is 0 Å². The fraction of sp³-hybridized carbons (Fsp3) is 0.615. The molecule has 1 aromatic rings. The number of aromatic nitrogens is 2. The van der Waals surface area contributed by atoms with Crippen molar-refractivity contribution in [2.24, 2.45) is 7.05 Å². The highest BCUT2D eigenvalue weighted by Gasteiger charge is 2.30. The SMILES string of the molecule is Cn1ccc(CNC(=O)N2CCCCCC2C(=O)O)n1. The molecule has 1 saturated heterocycles. The molecule has 1 aliphatic rings. The average Bonchev–Trinajstić information content (AvgIpc) is 2.68. The number of hydrogen-bond acceptors (Lipinski definition) is 3. The van der Waals surface area contributed by atoms with Crippen molar-refractivity contribution in [3.8, 4) is 0 Å². The van der Waals surface area contributed by atoms with Gasteiger partial charge in [-0.25, -0.2) is 9.59 Å². The molecule has 1 atom stereocenters. The third-order valence-corrected chi connectivity index (χ3v) is 3.49. The number of aryl methyl sites for hydroxylation is 1. The van der Waals surface area contributed by atoms with Gasteiger partial charge in [-0.1, -0.05) is 12.8 Å². The highest BCUT2D eigenvalue weighted by atomic mass is 16.4. The summed E-state index contributed by atoms with van der Waals surface area (Å²) in [6.45, 7) is 0.799.